The Morgan fingerprint density at radius 1 is 1.37 bits per heavy atom. The first-order valence-electron chi connectivity index (χ1n) is 6.60. The van der Waals surface area contributed by atoms with Crippen LogP contribution in [-0.2, 0) is 20.9 Å². The highest BCUT2D eigenvalue weighted by atomic mass is 16.7. The molecule has 1 unspecified atom stereocenters. The van der Waals surface area contributed by atoms with Crippen molar-refractivity contribution in [3.63, 3.8) is 0 Å². The van der Waals surface area contributed by atoms with Crippen LogP contribution in [0.5, 0.6) is 5.75 Å². The van der Waals surface area contributed by atoms with Crippen molar-refractivity contribution < 1.29 is 19.0 Å². The maximum Gasteiger partial charge on any atom is 0.262 e. The van der Waals surface area contributed by atoms with Gasteiger partial charge in [0.2, 0.25) is 0 Å². The first-order valence-corrected chi connectivity index (χ1v) is 6.60. The second-order valence-corrected chi connectivity index (χ2v) is 4.77. The summed E-state index contributed by atoms with van der Waals surface area (Å²) in [6.45, 7) is 1.34. The molecular formula is C14H17NO4. The Balaban J connectivity index is 1.61. The average molecular weight is 263 g/mol. The molecular weight excluding hydrogens is 246 g/mol. The lowest BCUT2D eigenvalue weighted by atomic mass is 10.1. The molecule has 1 saturated heterocycles. The third kappa shape index (κ3) is 3.05. The molecule has 2 aliphatic heterocycles. The van der Waals surface area contributed by atoms with Gasteiger partial charge >= 0.3 is 0 Å². The minimum Gasteiger partial charge on any atom is -0.482 e. The summed E-state index contributed by atoms with van der Waals surface area (Å²) in [6, 6.07) is 5.68. The van der Waals surface area contributed by atoms with Crippen LogP contribution in [0.1, 0.15) is 24.8 Å². The molecule has 0 spiro atoms. The van der Waals surface area contributed by atoms with Crippen LogP contribution in [0.25, 0.3) is 0 Å². The van der Waals surface area contributed by atoms with Crippen LogP contribution in [-0.4, -0.2) is 25.4 Å². The van der Waals surface area contributed by atoms with Crippen LogP contribution in [0.15, 0.2) is 18.2 Å². The van der Waals surface area contributed by atoms with E-state index in [1.807, 2.05) is 18.2 Å². The van der Waals surface area contributed by atoms with E-state index in [-0.39, 0.29) is 18.8 Å². The molecule has 1 aromatic carbocycles. The molecule has 0 aromatic heterocycles. The Hall–Kier alpha value is -1.59. The van der Waals surface area contributed by atoms with Gasteiger partial charge in [-0.3, -0.25) is 4.79 Å². The predicted octanol–water partition coefficient (Wildman–Crippen LogP) is 2.06. The zero-order chi connectivity index (χ0) is 13.1. The highest BCUT2D eigenvalue weighted by Crippen LogP contribution is 2.29. The van der Waals surface area contributed by atoms with Crippen molar-refractivity contribution in [1.82, 2.24) is 0 Å². The van der Waals surface area contributed by atoms with Crippen LogP contribution in [0, 0.1) is 0 Å². The van der Waals surface area contributed by atoms with Crippen molar-refractivity contribution in [2.45, 2.75) is 32.2 Å². The number of amides is 1. The van der Waals surface area contributed by atoms with E-state index in [1.165, 1.54) is 0 Å². The molecule has 3 rings (SSSR count). The predicted molar refractivity (Wildman–Crippen MR) is 68.9 cm³/mol. The molecule has 19 heavy (non-hydrogen) atoms. The molecule has 1 aromatic rings. The lowest BCUT2D eigenvalue weighted by Crippen LogP contribution is -2.25. The highest BCUT2D eigenvalue weighted by Gasteiger charge is 2.17. The van der Waals surface area contributed by atoms with Crippen molar-refractivity contribution in [2.24, 2.45) is 0 Å². The number of fused-ring (bicyclic) bond motifs is 1. The van der Waals surface area contributed by atoms with E-state index in [0.717, 1.165) is 31.4 Å². The van der Waals surface area contributed by atoms with E-state index < -0.39 is 0 Å². The largest absolute Gasteiger partial charge is 0.482 e. The summed E-state index contributed by atoms with van der Waals surface area (Å²) in [5, 5.41) is 2.79. The third-order valence-corrected chi connectivity index (χ3v) is 3.25. The normalized spacial score (nSPS) is 22.3. The first-order chi connectivity index (χ1) is 9.31. The van der Waals surface area contributed by atoms with Crippen molar-refractivity contribution in [3.8, 4) is 5.75 Å². The molecule has 1 atom stereocenters. The number of anilines is 1. The number of benzene rings is 1. The van der Waals surface area contributed by atoms with E-state index in [4.69, 9.17) is 14.2 Å². The van der Waals surface area contributed by atoms with Gasteiger partial charge in [0, 0.05) is 6.61 Å². The topological polar surface area (TPSA) is 56.8 Å². The fourth-order valence-electron chi connectivity index (χ4n) is 2.25. The summed E-state index contributed by atoms with van der Waals surface area (Å²) in [5.41, 5.74) is 1.71. The molecule has 1 fully saturated rings. The Morgan fingerprint density at radius 3 is 3.16 bits per heavy atom. The SMILES string of the molecule is O=C1COc2ccc(COC3CCCCO3)cc2N1. The third-order valence-electron chi connectivity index (χ3n) is 3.25. The van der Waals surface area contributed by atoms with Gasteiger partial charge < -0.3 is 19.5 Å². The number of rotatable bonds is 3. The fraction of sp³-hybridized carbons (Fsp3) is 0.500. The van der Waals surface area contributed by atoms with E-state index in [0.29, 0.717) is 18.0 Å². The Morgan fingerprint density at radius 2 is 2.32 bits per heavy atom. The molecule has 102 valence electrons. The van der Waals surface area contributed by atoms with Crippen LogP contribution >= 0.6 is 0 Å². The molecule has 1 N–H and O–H groups in total. The summed E-state index contributed by atoms with van der Waals surface area (Å²) < 4.78 is 16.5. The monoisotopic (exact) mass is 263 g/mol. The number of hydrogen-bond donors (Lipinski definition) is 1. The summed E-state index contributed by atoms with van der Waals surface area (Å²) in [5.74, 6) is 0.582. The molecule has 5 nitrogen and oxygen atoms in total. The van der Waals surface area contributed by atoms with Gasteiger partial charge in [-0.15, -0.1) is 0 Å². The summed E-state index contributed by atoms with van der Waals surface area (Å²) >= 11 is 0. The van der Waals surface area contributed by atoms with Gasteiger partial charge in [0.05, 0.1) is 12.3 Å². The molecule has 0 radical (unpaired) electrons. The first kappa shape index (κ1) is 12.4. The van der Waals surface area contributed by atoms with Crippen LogP contribution in [0.2, 0.25) is 0 Å². The number of ether oxygens (including phenoxy) is 3. The van der Waals surface area contributed by atoms with Crippen LogP contribution < -0.4 is 10.1 Å². The molecule has 0 aliphatic carbocycles. The zero-order valence-corrected chi connectivity index (χ0v) is 10.7. The van der Waals surface area contributed by atoms with Crippen molar-refractivity contribution >= 4 is 11.6 Å². The Bertz CT molecular complexity index is 469. The second-order valence-electron chi connectivity index (χ2n) is 4.77. The lowest BCUT2D eigenvalue weighted by molar-refractivity contribution is -0.168. The number of carbonyl (C=O) groups is 1. The van der Waals surface area contributed by atoms with Crippen LogP contribution in [0.4, 0.5) is 5.69 Å². The maximum absolute atomic E-state index is 11.3. The highest BCUT2D eigenvalue weighted by molar-refractivity contribution is 5.95. The minimum atomic E-state index is -0.124. The quantitative estimate of drug-likeness (QED) is 0.907. The van der Waals surface area contributed by atoms with E-state index in [9.17, 15) is 4.79 Å². The van der Waals surface area contributed by atoms with Gasteiger partial charge in [-0.05, 0) is 37.0 Å². The minimum absolute atomic E-state index is 0.0821. The Kier molecular flexibility index (Phi) is 3.66. The summed E-state index contributed by atoms with van der Waals surface area (Å²) in [7, 11) is 0. The average Bonchev–Trinajstić information content (AvgIpc) is 2.46. The Labute approximate surface area is 111 Å². The zero-order valence-electron chi connectivity index (χ0n) is 10.7. The standard InChI is InChI=1S/C14H17NO4/c16-13-9-18-12-5-4-10(7-11(12)15-13)8-19-14-3-1-2-6-17-14/h4-5,7,14H,1-3,6,8-9H2,(H,15,16). The van der Waals surface area contributed by atoms with Crippen molar-refractivity contribution in [3.05, 3.63) is 23.8 Å². The van der Waals surface area contributed by atoms with Gasteiger partial charge in [-0.1, -0.05) is 6.07 Å². The van der Waals surface area contributed by atoms with Crippen molar-refractivity contribution in [1.29, 1.82) is 0 Å². The van der Waals surface area contributed by atoms with Gasteiger partial charge in [0.15, 0.2) is 12.9 Å². The summed E-state index contributed by atoms with van der Waals surface area (Å²) in [6.07, 6.45) is 3.11. The fourth-order valence-corrected chi connectivity index (χ4v) is 2.25. The van der Waals surface area contributed by atoms with Crippen molar-refractivity contribution in [2.75, 3.05) is 18.5 Å². The number of nitrogens with one attached hydrogen (secondary N) is 1. The molecule has 5 heteroatoms. The molecule has 2 aliphatic rings. The van der Waals surface area contributed by atoms with E-state index in [1.54, 1.807) is 0 Å². The van der Waals surface area contributed by atoms with Gasteiger partial charge in [0.1, 0.15) is 5.75 Å². The summed E-state index contributed by atoms with van der Waals surface area (Å²) in [4.78, 5) is 11.3. The lowest BCUT2D eigenvalue weighted by Gasteiger charge is -2.23. The van der Waals surface area contributed by atoms with E-state index in [2.05, 4.69) is 5.32 Å². The molecule has 1 amide bonds. The number of carbonyl (C=O) groups excluding carboxylic acids is 1. The van der Waals surface area contributed by atoms with Crippen LogP contribution in [0.3, 0.4) is 0 Å². The van der Waals surface area contributed by atoms with Gasteiger partial charge in [-0.25, -0.2) is 0 Å². The second kappa shape index (κ2) is 5.59. The van der Waals surface area contributed by atoms with Gasteiger partial charge in [0.25, 0.3) is 5.91 Å². The maximum atomic E-state index is 11.3. The molecule has 0 bridgehead atoms. The smallest absolute Gasteiger partial charge is 0.262 e. The molecule has 0 saturated carbocycles. The van der Waals surface area contributed by atoms with Gasteiger partial charge in [-0.2, -0.15) is 0 Å². The van der Waals surface area contributed by atoms with E-state index >= 15 is 0 Å². The number of hydrogen-bond acceptors (Lipinski definition) is 4. The molecule has 2 heterocycles.